The van der Waals surface area contributed by atoms with Crippen molar-refractivity contribution in [3.63, 3.8) is 0 Å². The fourth-order valence-electron chi connectivity index (χ4n) is 2.58. The summed E-state index contributed by atoms with van der Waals surface area (Å²) < 4.78 is 1.00. The van der Waals surface area contributed by atoms with Crippen molar-refractivity contribution in [2.24, 2.45) is 5.92 Å². The van der Waals surface area contributed by atoms with Gasteiger partial charge in [-0.15, -0.1) is 0 Å². The lowest BCUT2D eigenvalue weighted by atomic mass is 10.1. The van der Waals surface area contributed by atoms with Gasteiger partial charge in [0, 0.05) is 10.9 Å². The van der Waals surface area contributed by atoms with Gasteiger partial charge in [-0.3, -0.25) is 9.69 Å². The third kappa shape index (κ3) is 3.45. The molecule has 0 aliphatic carbocycles. The quantitative estimate of drug-likeness (QED) is 0.621. The van der Waals surface area contributed by atoms with Crippen LogP contribution < -0.4 is 4.90 Å². The van der Waals surface area contributed by atoms with Gasteiger partial charge in [-0.1, -0.05) is 67.1 Å². The topological polar surface area (TPSA) is 33.2 Å². The molecule has 0 saturated carbocycles. The molecule has 0 spiro atoms. The third-order valence-electron chi connectivity index (χ3n) is 3.81. The second-order valence-corrected chi connectivity index (χ2v) is 7.58. The summed E-state index contributed by atoms with van der Waals surface area (Å²) in [4.78, 5) is 19.2. The van der Waals surface area contributed by atoms with Crippen LogP contribution in [0.5, 0.6) is 0 Å². The van der Waals surface area contributed by atoms with Crippen LogP contribution in [0.3, 0.4) is 0 Å². The molecule has 0 fully saturated rings. The number of hydrogen-bond donors (Lipinski definition) is 0. The number of aryl methyl sites for hydroxylation is 1. The van der Waals surface area contributed by atoms with E-state index in [-0.39, 0.29) is 11.8 Å². The molecule has 124 valence electrons. The highest BCUT2D eigenvalue weighted by Gasteiger charge is 2.23. The van der Waals surface area contributed by atoms with Crippen molar-refractivity contribution in [3.05, 3.63) is 58.6 Å². The normalized spacial score (nSPS) is 11.2. The lowest BCUT2D eigenvalue weighted by Crippen LogP contribution is -2.33. The Morgan fingerprint density at radius 3 is 2.62 bits per heavy atom. The minimum atomic E-state index is -0.0922. The predicted molar refractivity (Wildman–Crippen MR) is 102 cm³/mol. The summed E-state index contributed by atoms with van der Waals surface area (Å²) in [5.74, 6) is -0.0212. The molecular weight excluding hydrogens is 340 g/mol. The van der Waals surface area contributed by atoms with Crippen LogP contribution in [0, 0.1) is 12.8 Å². The van der Waals surface area contributed by atoms with Gasteiger partial charge in [0.2, 0.25) is 5.91 Å². The molecule has 2 aromatic carbocycles. The molecule has 1 aromatic heterocycles. The van der Waals surface area contributed by atoms with Crippen molar-refractivity contribution in [2.75, 3.05) is 4.90 Å². The first kappa shape index (κ1) is 16.9. The van der Waals surface area contributed by atoms with Crippen LogP contribution >= 0.6 is 22.9 Å². The molecule has 0 radical (unpaired) electrons. The zero-order valence-electron chi connectivity index (χ0n) is 13.9. The van der Waals surface area contributed by atoms with Crippen LogP contribution in [0.2, 0.25) is 5.02 Å². The molecule has 0 unspecified atom stereocenters. The van der Waals surface area contributed by atoms with Crippen molar-refractivity contribution < 1.29 is 4.79 Å². The minimum Gasteiger partial charge on any atom is -0.283 e. The number of thiazole rings is 1. The highest BCUT2D eigenvalue weighted by Crippen LogP contribution is 2.34. The molecule has 0 N–H and O–H groups in total. The molecule has 0 aliphatic rings. The van der Waals surface area contributed by atoms with Gasteiger partial charge in [-0.05, 0) is 30.2 Å². The Morgan fingerprint density at radius 1 is 1.25 bits per heavy atom. The molecule has 24 heavy (non-hydrogen) atoms. The van der Waals surface area contributed by atoms with Gasteiger partial charge in [0.05, 0.1) is 16.8 Å². The van der Waals surface area contributed by atoms with E-state index in [0.717, 1.165) is 26.5 Å². The maximum Gasteiger partial charge on any atom is 0.231 e. The zero-order valence-corrected chi connectivity index (χ0v) is 15.5. The van der Waals surface area contributed by atoms with Gasteiger partial charge in [-0.2, -0.15) is 0 Å². The summed E-state index contributed by atoms with van der Waals surface area (Å²) in [7, 11) is 0. The smallest absolute Gasteiger partial charge is 0.231 e. The Hall–Kier alpha value is -1.91. The van der Waals surface area contributed by atoms with E-state index < -0.39 is 0 Å². The fourth-order valence-corrected chi connectivity index (χ4v) is 4.00. The van der Waals surface area contributed by atoms with Crippen molar-refractivity contribution >= 4 is 44.2 Å². The lowest BCUT2D eigenvalue weighted by molar-refractivity contribution is -0.121. The number of hydrogen-bond acceptors (Lipinski definition) is 3. The number of carbonyl (C=O) groups is 1. The van der Waals surface area contributed by atoms with Crippen molar-refractivity contribution in [3.8, 4) is 0 Å². The summed E-state index contributed by atoms with van der Waals surface area (Å²) >= 11 is 7.66. The summed E-state index contributed by atoms with van der Waals surface area (Å²) in [6, 6.07) is 13.8. The molecule has 3 rings (SSSR count). The SMILES string of the molecule is Cc1cc(Cl)cc2sc(N(Cc3ccccc3)C(=O)C(C)C)nc12. The molecule has 3 nitrogen and oxygen atoms in total. The number of aromatic nitrogens is 1. The number of anilines is 1. The van der Waals surface area contributed by atoms with Crippen LogP contribution in [-0.4, -0.2) is 10.9 Å². The fraction of sp³-hybridized carbons (Fsp3) is 0.263. The van der Waals surface area contributed by atoms with Crippen LogP contribution in [-0.2, 0) is 11.3 Å². The highest BCUT2D eigenvalue weighted by molar-refractivity contribution is 7.22. The minimum absolute atomic E-state index is 0.0710. The molecule has 0 saturated heterocycles. The summed E-state index contributed by atoms with van der Waals surface area (Å²) in [6.07, 6.45) is 0. The Morgan fingerprint density at radius 2 is 1.96 bits per heavy atom. The number of amides is 1. The number of rotatable bonds is 4. The van der Waals surface area contributed by atoms with E-state index in [9.17, 15) is 4.79 Å². The van der Waals surface area contributed by atoms with E-state index in [4.69, 9.17) is 16.6 Å². The first-order chi connectivity index (χ1) is 11.5. The van der Waals surface area contributed by atoms with Gasteiger partial charge in [-0.25, -0.2) is 4.98 Å². The number of carbonyl (C=O) groups excluding carboxylic acids is 1. The van der Waals surface area contributed by atoms with E-state index in [1.54, 1.807) is 4.90 Å². The average molecular weight is 359 g/mol. The van der Waals surface area contributed by atoms with E-state index in [1.807, 2.05) is 63.2 Å². The zero-order chi connectivity index (χ0) is 17.3. The average Bonchev–Trinajstić information content (AvgIpc) is 2.96. The summed E-state index contributed by atoms with van der Waals surface area (Å²) in [5.41, 5.74) is 3.02. The largest absolute Gasteiger partial charge is 0.283 e. The summed E-state index contributed by atoms with van der Waals surface area (Å²) in [6.45, 7) is 6.33. The molecule has 1 amide bonds. The first-order valence-electron chi connectivity index (χ1n) is 7.87. The van der Waals surface area contributed by atoms with Gasteiger partial charge >= 0.3 is 0 Å². The lowest BCUT2D eigenvalue weighted by Gasteiger charge is -2.22. The van der Waals surface area contributed by atoms with E-state index in [1.165, 1.54) is 11.3 Å². The monoisotopic (exact) mass is 358 g/mol. The molecule has 3 aromatic rings. The summed E-state index contributed by atoms with van der Waals surface area (Å²) in [5, 5.41) is 1.41. The molecule has 0 atom stereocenters. The molecule has 1 heterocycles. The molecule has 0 aliphatic heterocycles. The van der Waals surface area contributed by atoms with Crippen molar-refractivity contribution in [2.45, 2.75) is 27.3 Å². The van der Waals surface area contributed by atoms with E-state index >= 15 is 0 Å². The Balaban J connectivity index is 2.05. The van der Waals surface area contributed by atoms with E-state index in [0.29, 0.717) is 11.6 Å². The second-order valence-electron chi connectivity index (χ2n) is 6.13. The number of fused-ring (bicyclic) bond motifs is 1. The molecular formula is C19H19ClN2OS. The Kier molecular flexibility index (Phi) is 4.88. The van der Waals surface area contributed by atoms with Gasteiger partial charge < -0.3 is 0 Å². The molecule has 5 heteroatoms. The maximum atomic E-state index is 12.7. The van der Waals surface area contributed by atoms with Crippen LogP contribution in [0.1, 0.15) is 25.0 Å². The predicted octanol–water partition coefficient (Wildman–Crippen LogP) is 5.45. The highest BCUT2D eigenvalue weighted by atomic mass is 35.5. The van der Waals surface area contributed by atoms with Gasteiger partial charge in [0.15, 0.2) is 5.13 Å². The number of benzene rings is 2. The van der Waals surface area contributed by atoms with Crippen LogP contribution in [0.15, 0.2) is 42.5 Å². The Bertz CT molecular complexity index is 874. The standard InChI is InChI=1S/C19H19ClN2OS/c1-12(2)18(23)22(11-14-7-5-4-6-8-14)19-21-17-13(3)9-15(20)10-16(17)24-19/h4-10,12H,11H2,1-3H3. The van der Waals surface area contributed by atoms with Crippen LogP contribution in [0.25, 0.3) is 10.2 Å². The van der Waals surface area contributed by atoms with Crippen molar-refractivity contribution in [1.82, 2.24) is 4.98 Å². The molecule has 0 bridgehead atoms. The second kappa shape index (κ2) is 6.91. The van der Waals surface area contributed by atoms with E-state index in [2.05, 4.69) is 0 Å². The Labute approximate surface area is 150 Å². The third-order valence-corrected chi connectivity index (χ3v) is 5.06. The maximum absolute atomic E-state index is 12.7. The van der Waals surface area contributed by atoms with Gasteiger partial charge in [0.25, 0.3) is 0 Å². The van der Waals surface area contributed by atoms with Crippen molar-refractivity contribution in [1.29, 1.82) is 0 Å². The van der Waals surface area contributed by atoms with Crippen LogP contribution in [0.4, 0.5) is 5.13 Å². The number of halogens is 1. The number of nitrogens with zero attached hydrogens (tertiary/aromatic N) is 2. The van der Waals surface area contributed by atoms with Gasteiger partial charge in [0.1, 0.15) is 0 Å². The first-order valence-corrected chi connectivity index (χ1v) is 9.07.